The Morgan fingerprint density at radius 1 is 1.38 bits per heavy atom. The van der Waals surface area contributed by atoms with E-state index in [1.165, 1.54) is 12.4 Å². The van der Waals surface area contributed by atoms with Crippen molar-refractivity contribution >= 4 is 41.1 Å². The van der Waals surface area contributed by atoms with E-state index in [0.717, 1.165) is 0 Å². The molecule has 0 saturated carbocycles. The van der Waals surface area contributed by atoms with Crippen LogP contribution in [0.15, 0.2) is 12.4 Å². The van der Waals surface area contributed by atoms with Gasteiger partial charge in [0.2, 0.25) is 6.29 Å². The van der Waals surface area contributed by atoms with Gasteiger partial charge in [-0.15, -0.1) is 0 Å². The minimum Gasteiger partial charge on any atom is -0.317 e. The molecule has 0 atom stereocenters. The average molecular weight is 219 g/mol. The molecule has 13 heavy (non-hydrogen) atoms. The molecule has 6 heteroatoms. The van der Waals surface area contributed by atoms with Crippen molar-refractivity contribution in [3.63, 3.8) is 0 Å². The Bertz CT molecular complexity index is 334. The van der Waals surface area contributed by atoms with E-state index in [0.29, 0.717) is 0 Å². The van der Waals surface area contributed by atoms with Crippen LogP contribution in [-0.4, -0.2) is 17.2 Å². The first-order valence-electron chi connectivity index (χ1n) is 3.20. The van der Waals surface area contributed by atoms with E-state index in [1.807, 2.05) is 0 Å². The minimum absolute atomic E-state index is 0.132. The van der Waals surface area contributed by atoms with E-state index >= 15 is 0 Å². The van der Waals surface area contributed by atoms with Gasteiger partial charge in [-0.1, -0.05) is 23.2 Å². The van der Waals surface area contributed by atoms with Crippen molar-refractivity contribution in [2.45, 2.75) is 0 Å². The van der Waals surface area contributed by atoms with Crippen LogP contribution in [0.5, 0.6) is 0 Å². The van der Waals surface area contributed by atoms with Gasteiger partial charge in [0, 0.05) is 12.4 Å². The Kier molecular flexibility index (Phi) is 3.22. The van der Waals surface area contributed by atoms with E-state index in [4.69, 9.17) is 23.2 Å². The number of nitrogens with zero attached hydrogens (tertiary/aromatic N) is 1. The van der Waals surface area contributed by atoms with Gasteiger partial charge in [-0.05, 0) is 0 Å². The molecule has 0 aliphatic carbocycles. The molecule has 1 aromatic rings. The molecule has 1 N–H and O–H groups in total. The number of nitrogens with one attached hydrogen (secondary N) is 1. The summed E-state index contributed by atoms with van der Waals surface area (Å²) in [5.41, 5.74) is 0.190. The van der Waals surface area contributed by atoms with Crippen molar-refractivity contribution in [3.05, 3.63) is 22.4 Å². The van der Waals surface area contributed by atoms with Gasteiger partial charge in [0.05, 0.1) is 15.7 Å². The highest BCUT2D eigenvalue weighted by Crippen LogP contribution is 2.28. The topological polar surface area (TPSA) is 59.1 Å². The smallest absolute Gasteiger partial charge is 0.288 e. The van der Waals surface area contributed by atoms with Gasteiger partial charge < -0.3 is 5.32 Å². The molecule has 0 unspecified atom stereocenters. The van der Waals surface area contributed by atoms with Crippen LogP contribution >= 0.6 is 23.2 Å². The Balaban J connectivity index is 2.99. The van der Waals surface area contributed by atoms with Crippen LogP contribution in [0.25, 0.3) is 0 Å². The third-order valence-electron chi connectivity index (χ3n) is 1.21. The zero-order chi connectivity index (χ0) is 9.84. The van der Waals surface area contributed by atoms with Gasteiger partial charge in [-0.2, -0.15) is 0 Å². The zero-order valence-corrected chi connectivity index (χ0v) is 7.76. The van der Waals surface area contributed by atoms with Crippen LogP contribution in [0.4, 0.5) is 5.69 Å². The average Bonchev–Trinajstić information content (AvgIpc) is 2.11. The van der Waals surface area contributed by atoms with Gasteiger partial charge >= 0.3 is 0 Å². The molecule has 0 aliphatic heterocycles. The lowest BCUT2D eigenvalue weighted by molar-refractivity contribution is -0.127. The first kappa shape index (κ1) is 9.95. The molecule has 0 radical (unpaired) electrons. The molecule has 1 aromatic heterocycles. The van der Waals surface area contributed by atoms with Crippen molar-refractivity contribution in [1.29, 1.82) is 0 Å². The van der Waals surface area contributed by atoms with E-state index < -0.39 is 5.91 Å². The quantitative estimate of drug-likeness (QED) is 0.605. The van der Waals surface area contributed by atoms with Crippen molar-refractivity contribution in [1.82, 2.24) is 4.98 Å². The van der Waals surface area contributed by atoms with Crippen LogP contribution in [0, 0.1) is 0 Å². The molecule has 0 fully saturated rings. The van der Waals surface area contributed by atoms with Crippen molar-refractivity contribution in [3.8, 4) is 0 Å². The maximum absolute atomic E-state index is 10.7. The highest BCUT2D eigenvalue weighted by molar-refractivity contribution is 6.41. The number of amides is 1. The Morgan fingerprint density at radius 3 is 2.38 bits per heavy atom. The number of anilines is 1. The molecular weight excluding hydrogens is 215 g/mol. The van der Waals surface area contributed by atoms with E-state index in [-0.39, 0.29) is 22.0 Å². The molecule has 1 heterocycles. The summed E-state index contributed by atoms with van der Waals surface area (Å²) in [6.45, 7) is 0. The fourth-order valence-corrected chi connectivity index (χ4v) is 1.14. The SMILES string of the molecule is O=CC(=O)Nc1c(Cl)cncc1Cl. The number of aldehydes is 1. The van der Waals surface area contributed by atoms with Crippen molar-refractivity contribution in [2.24, 2.45) is 0 Å². The van der Waals surface area contributed by atoms with E-state index in [2.05, 4.69) is 10.3 Å². The summed E-state index contributed by atoms with van der Waals surface area (Å²) >= 11 is 11.3. The monoisotopic (exact) mass is 218 g/mol. The highest BCUT2D eigenvalue weighted by atomic mass is 35.5. The number of hydrogen-bond acceptors (Lipinski definition) is 3. The predicted octanol–water partition coefficient (Wildman–Crippen LogP) is 1.53. The van der Waals surface area contributed by atoms with Gasteiger partial charge in [-0.3, -0.25) is 14.6 Å². The summed E-state index contributed by atoms with van der Waals surface area (Å²) in [7, 11) is 0. The zero-order valence-electron chi connectivity index (χ0n) is 6.25. The molecule has 1 rings (SSSR count). The lowest BCUT2D eigenvalue weighted by Gasteiger charge is -2.04. The summed E-state index contributed by atoms with van der Waals surface area (Å²) in [5.74, 6) is -0.810. The molecule has 68 valence electrons. The van der Waals surface area contributed by atoms with Crippen molar-refractivity contribution < 1.29 is 9.59 Å². The first-order valence-corrected chi connectivity index (χ1v) is 3.96. The fraction of sp³-hybridized carbons (Fsp3) is 0. The predicted molar refractivity (Wildman–Crippen MR) is 49.0 cm³/mol. The van der Waals surface area contributed by atoms with Gasteiger partial charge in [-0.25, -0.2) is 0 Å². The summed E-state index contributed by atoms with van der Waals surface area (Å²) in [5, 5.41) is 2.58. The summed E-state index contributed by atoms with van der Waals surface area (Å²) in [6.07, 6.45) is 2.76. The Labute approximate surface area is 83.9 Å². The second kappa shape index (κ2) is 4.20. The molecule has 0 spiro atoms. The molecule has 0 bridgehead atoms. The Morgan fingerprint density at radius 2 is 1.92 bits per heavy atom. The van der Waals surface area contributed by atoms with Gasteiger partial charge in [0.15, 0.2) is 0 Å². The summed E-state index contributed by atoms with van der Waals surface area (Å²) in [4.78, 5) is 24.4. The van der Waals surface area contributed by atoms with Gasteiger partial charge in [0.25, 0.3) is 5.91 Å². The number of hydrogen-bond donors (Lipinski definition) is 1. The summed E-state index contributed by atoms with van der Waals surface area (Å²) in [6, 6.07) is 0. The van der Waals surface area contributed by atoms with Crippen LogP contribution in [-0.2, 0) is 9.59 Å². The fourth-order valence-electron chi connectivity index (χ4n) is 0.683. The Hall–Kier alpha value is -1.13. The molecule has 1 amide bonds. The molecule has 4 nitrogen and oxygen atoms in total. The summed E-state index contributed by atoms with van der Waals surface area (Å²) < 4.78 is 0. The van der Waals surface area contributed by atoms with Gasteiger partial charge in [0.1, 0.15) is 0 Å². The van der Waals surface area contributed by atoms with Crippen LogP contribution in [0.3, 0.4) is 0 Å². The number of halogens is 2. The normalized spacial score (nSPS) is 9.38. The lowest BCUT2D eigenvalue weighted by Crippen LogP contribution is -2.12. The van der Waals surface area contributed by atoms with Crippen LogP contribution in [0.2, 0.25) is 10.0 Å². The largest absolute Gasteiger partial charge is 0.317 e. The molecular formula is C7H4Cl2N2O2. The third-order valence-corrected chi connectivity index (χ3v) is 1.78. The maximum atomic E-state index is 10.7. The molecule has 0 aliphatic rings. The minimum atomic E-state index is -0.810. The van der Waals surface area contributed by atoms with E-state index in [9.17, 15) is 9.59 Å². The number of carbonyl (C=O) groups is 2. The standard InChI is InChI=1S/C7H4Cl2N2O2/c8-4-1-10-2-5(9)7(4)11-6(13)3-12/h1-3H,(H,10,11,13). The highest BCUT2D eigenvalue weighted by Gasteiger charge is 2.08. The molecule has 0 aromatic carbocycles. The third kappa shape index (κ3) is 2.40. The second-order valence-corrected chi connectivity index (χ2v) is 2.90. The van der Waals surface area contributed by atoms with Crippen LogP contribution < -0.4 is 5.32 Å². The van der Waals surface area contributed by atoms with E-state index in [1.54, 1.807) is 0 Å². The van der Waals surface area contributed by atoms with Crippen molar-refractivity contribution in [2.75, 3.05) is 5.32 Å². The molecule has 0 saturated heterocycles. The second-order valence-electron chi connectivity index (χ2n) is 2.09. The first-order chi connectivity index (χ1) is 6.15. The number of rotatable bonds is 2. The number of pyridine rings is 1. The maximum Gasteiger partial charge on any atom is 0.288 e. The van der Waals surface area contributed by atoms with Crippen LogP contribution in [0.1, 0.15) is 0 Å². The lowest BCUT2D eigenvalue weighted by atomic mass is 10.4. The number of aromatic nitrogens is 1. The number of carbonyl (C=O) groups excluding carboxylic acids is 2.